The van der Waals surface area contributed by atoms with Crippen molar-refractivity contribution in [1.82, 2.24) is 0 Å². The molecule has 0 aliphatic carbocycles. The Hall–Kier alpha value is -1.11. The van der Waals surface area contributed by atoms with Crippen molar-refractivity contribution in [2.24, 2.45) is 5.92 Å². The highest BCUT2D eigenvalue weighted by Gasteiger charge is 2.16. The van der Waals surface area contributed by atoms with E-state index < -0.39 is 0 Å². The molecule has 0 saturated heterocycles. The van der Waals surface area contributed by atoms with Gasteiger partial charge in [-0.25, -0.2) is 0 Å². The van der Waals surface area contributed by atoms with Crippen LogP contribution in [-0.4, -0.2) is 5.78 Å². The van der Waals surface area contributed by atoms with Crippen LogP contribution in [0, 0.1) is 5.92 Å². The quantitative estimate of drug-likeness (QED) is 0.713. The van der Waals surface area contributed by atoms with Gasteiger partial charge in [-0.2, -0.15) is 0 Å². The van der Waals surface area contributed by atoms with Gasteiger partial charge in [0.25, 0.3) is 0 Å². The smallest absolute Gasteiger partial charge is 0.137 e. The summed E-state index contributed by atoms with van der Waals surface area (Å²) in [4.78, 5) is 11.6. The SMILES string of the molecule is CC(=O)C(CCC(C)C)c1ccccc1. The van der Waals surface area contributed by atoms with Crippen LogP contribution in [0.3, 0.4) is 0 Å². The fourth-order valence-corrected chi connectivity index (χ4v) is 1.79. The number of rotatable bonds is 5. The first-order valence-electron chi connectivity index (χ1n) is 5.66. The second kappa shape index (κ2) is 5.69. The zero-order valence-corrected chi connectivity index (χ0v) is 9.86. The molecule has 1 unspecified atom stereocenters. The zero-order valence-electron chi connectivity index (χ0n) is 9.86. The van der Waals surface area contributed by atoms with Gasteiger partial charge in [0.2, 0.25) is 0 Å². The molecule has 1 atom stereocenters. The largest absolute Gasteiger partial charge is 0.299 e. The molecular formula is C14H20O. The van der Waals surface area contributed by atoms with Gasteiger partial charge in [-0.3, -0.25) is 4.79 Å². The minimum Gasteiger partial charge on any atom is -0.299 e. The topological polar surface area (TPSA) is 17.1 Å². The Morgan fingerprint density at radius 1 is 1.13 bits per heavy atom. The summed E-state index contributed by atoms with van der Waals surface area (Å²) in [5, 5.41) is 0. The van der Waals surface area contributed by atoms with Gasteiger partial charge < -0.3 is 0 Å². The maximum atomic E-state index is 11.6. The number of benzene rings is 1. The highest BCUT2D eigenvalue weighted by atomic mass is 16.1. The lowest BCUT2D eigenvalue weighted by Crippen LogP contribution is -2.09. The second-order valence-electron chi connectivity index (χ2n) is 4.55. The third-order valence-corrected chi connectivity index (χ3v) is 2.73. The van der Waals surface area contributed by atoms with Crippen molar-refractivity contribution in [3.63, 3.8) is 0 Å². The molecule has 0 N–H and O–H groups in total. The molecule has 0 amide bonds. The van der Waals surface area contributed by atoms with Crippen LogP contribution in [0.1, 0.15) is 45.1 Å². The van der Waals surface area contributed by atoms with Gasteiger partial charge in [-0.1, -0.05) is 44.2 Å². The summed E-state index contributed by atoms with van der Waals surface area (Å²) in [6, 6.07) is 10.1. The van der Waals surface area contributed by atoms with Gasteiger partial charge in [0, 0.05) is 5.92 Å². The molecule has 1 aromatic carbocycles. The lowest BCUT2D eigenvalue weighted by atomic mass is 9.89. The minimum absolute atomic E-state index is 0.0913. The molecule has 1 aromatic rings. The summed E-state index contributed by atoms with van der Waals surface area (Å²) in [6.07, 6.45) is 2.08. The summed E-state index contributed by atoms with van der Waals surface area (Å²) in [5.74, 6) is 1.03. The van der Waals surface area contributed by atoms with Crippen LogP contribution in [0.25, 0.3) is 0 Å². The lowest BCUT2D eigenvalue weighted by Gasteiger charge is -2.15. The molecule has 0 aliphatic heterocycles. The molecule has 1 nitrogen and oxygen atoms in total. The molecule has 0 heterocycles. The fraction of sp³-hybridized carbons (Fsp3) is 0.500. The molecule has 0 radical (unpaired) electrons. The molecule has 1 rings (SSSR count). The van der Waals surface area contributed by atoms with E-state index in [1.807, 2.05) is 30.3 Å². The fourth-order valence-electron chi connectivity index (χ4n) is 1.79. The Balaban J connectivity index is 2.71. The van der Waals surface area contributed by atoms with Crippen molar-refractivity contribution in [2.75, 3.05) is 0 Å². The summed E-state index contributed by atoms with van der Waals surface area (Å²) in [7, 11) is 0. The number of carbonyl (C=O) groups excluding carboxylic acids is 1. The summed E-state index contributed by atoms with van der Waals surface area (Å²) < 4.78 is 0. The number of hydrogen-bond acceptors (Lipinski definition) is 1. The molecule has 0 spiro atoms. The van der Waals surface area contributed by atoms with Gasteiger partial charge in [-0.15, -0.1) is 0 Å². The van der Waals surface area contributed by atoms with Crippen LogP contribution in [0.2, 0.25) is 0 Å². The maximum absolute atomic E-state index is 11.6. The average Bonchev–Trinajstić information content (AvgIpc) is 2.18. The van der Waals surface area contributed by atoms with E-state index in [1.165, 1.54) is 0 Å². The van der Waals surface area contributed by atoms with Crippen LogP contribution >= 0.6 is 0 Å². The Morgan fingerprint density at radius 2 is 1.73 bits per heavy atom. The van der Waals surface area contributed by atoms with Crippen molar-refractivity contribution in [3.8, 4) is 0 Å². The van der Waals surface area contributed by atoms with E-state index in [4.69, 9.17) is 0 Å². The first kappa shape index (κ1) is 12.0. The number of ketones is 1. The normalized spacial score (nSPS) is 12.8. The summed E-state index contributed by atoms with van der Waals surface area (Å²) in [5.41, 5.74) is 1.16. The second-order valence-corrected chi connectivity index (χ2v) is 4.55. The van der Waals surface area contributed by atoms with Crippen LogP contribution < -0.4 is 0 Å². The average molecular weight is 204 g/mol. The number of carbonyl (C=O) groups is 1. The Bertz CT molecular complexity index is 300. The van der Waals surface area contributed by atoms with Crippen molar-refractivity contribution in [2.45, 2.75) is 39.5 Å². The van der Waals surface area contributed by atoms with E-state index in [1.54, 1.807) is 6.92 Å². The molecule has 0 fully saturated rings. The zero-order chi connectivity index (χ0) is 11.3. The van der Waals surface area contributed by atoms with Gasteiger partial charge in [0.05, 0.1) is 0 Å². The van der Waals surface area contributed by atoms with Crippen molar-refractivity contribution in [3.05, 3.63) is 35.9 Å². The van der Waals surface area contributed by atoms with Crippen molar-refractivity contribution < 1.29 is 4.79 Å². The van der Waals surface area contributed by atoms with Gasteiger partial charge in [0.1, 0.15) is 5.78 Å². The van der Waals surface area contributed by atoms with E-state index in [0.29, 0.717) is 5.92 Å². The Morgan fingerprint density at radius 3 is 2.20 bits per heavy atom. The summed E-state index contributed by atoms with van der Waals surface area (Å²) in [6.45, 7) is 6.09. The standard InChI is InChI=1S/C14H20O/c1-11(2)9-10-14(12(3)15)13-7-5-4-6-8-13/h4-8,11,14H,9-10H2,1-3H3. The van der Waals surface area contributed by atoms with Crippen LogP contribution in [-0.2, 0) is 4.79 Å². The first-order chi connectivity index (χ1) is 7.11. The molecule has 0 bridgehead atoms. The predicted octanol–water partition coefficient (Wildman–Crippen LogP) is 3.80. The number of hydrogen-bond donors (Lipinski definition) is 0. The third kappa shape index (κ3) is 3.86. The molecule has 0 saturated carbocycles. The molecule has 0 aliphatic rings. The van der Waals surface area contributed by atoms with E-state index in [-0.39, 0.29) is 11.7 Å². The van der Waals surface area contributed by atoms with Crippen LogP contribution in [0.5, 0.6) is 0 Å². The molecule has 82 valence electrons. The van der Waals surface area contributed by atoms with E-state index >= 15 is 0 Å². The van der Waals surface area contributed by atoms with Gasteiger partial charge >= 0.3 is 0 Å². The highest BCUT2D eigenvalue weighted by molar-refractivity contribution is 5.83. The monoisotopic (exact) mass is 204 g/mol. The predicted molar refractivity (Wildman–Crippen MR) is 63.9 cm³/mol. The third-order valence-electron chi connectivity index (χ3n) is 2.73. The van der Waals surface area contributed by atoms with Crippen LogP contribution in [0.4, 0.5) is 0 Å². The molecular weight excluding hydrogens is 184 g/mol. The van der Waals surface area contributed by atoms with Crippen molar-refractivity contribution in [1.29, 1.82) is 0 Å². The van der Waals surface area contributed by atoms with Crippen LogP contribution in [0.15, 0.2) is 30.3 Å². The Labute approximate surface area is 92.5 Å². The maximum Gasteiger partial charge on any atom is 0.137 e. The number of Topliss-reactive ketones (excluding diaryl/α,β-unsaturated/α-hetero) is 1. The molecule has 15 heavy (non-hydrogen) atoms. The van der Waals surface area contributed by atoms with E-state index in [2.05, 4.69) is 13.8 Å². The lowest BCUT2D eigenvalue weighted by molar-refractivity contribution is -0.118. The van der Waals surface area contributed by atoms with E-state index in [9.17, 15) is 4.79 Å². The Kier molecular flexibility index (Phi) is 4.54. The summed E-state index contributed by atoms with van der Waals surface area (Å²) >= 11 is 0. The molecule has 0 aromatic heterocycles. The minimum atomic E-state index is 0.0913. The van der Waals surface area contributed by atoms with Gasteiger partial charge in [-0.05, 0) is 31.2 Å². The van der Waals surface area contributed by atoms with Crippen molar-refractivity contribution >= 4 is 5.78 Å². The van der Waals surface area contributed by atoms with E-state index in [0.717, 1.165) is 18.4 Å². The molecule has 1 heteroatoms. The highest BCUT2D eigenvalue weighted by Crippen LogP contribution is 2.24. The first-order valence-corrected chi connectivity index (χ1v) is 5.66. The van der Waals surface area contributed by atoms with Gasteiger partial charge in [0.15, 0.2) is 0 Å².